The summed E-state index contributed by atoms with van der Waals surface area (Å²) in [6.45, 7) is 7.33. The lowest BCUT2D eigenvalue weighted by Crippen LogP contribution is -2.53. The second kappa shape index (κ2) is 8.82. The van der Waals surface area contributed by atoms with Gasteiger partial charge in [-0.05, 0) is 24.7 Å². The molecule has 10 nitrogen and oxygen atoms in total. The second-order valence-electron chi connectivity index (χ2n) is 8.06. The van der Waals surface area contributed by atoms with Gasteiger partial charge in [-0.25, -0.2) is 4.79 Å². The number of hydrogen-bond donors (Lipinski definition) is 2. The van der Waals surface area contributed by atoms with Gasteiger partial charge in [0.05, 0.1) is 19.0 Å². The summed E-state index contributed by atoms with van der Waals surface area (Å²) in [6.07, 6.45) is 2.05. The van der Waals surface area contributed by atoms with E-state index in [2.05, 4.69) is 31.9 Å². The van der Waals surface area contributed by atoms with Gasteiger partial charge < -0.3 is 20.0 Å². The van der Waals surface area contributed by atoms with Crippen LogP contribution < -0.4 is 11.4 Å². The molecule has 0 radical (unpaired) electrons. The zero-order valence-corrected chi connectivity index (χ0v) is 19.3. The summed E-state index contributed by atoms with van der Waals surface area (Å²) in [7, 11) is -6.00. The molecule has 1 aliphatic rings. The van der Waals surface area contributed by atoms with Crippen LogP contribution in [-0.4, -0.2) is 62.6 Å². The number of aliphatic hydroxyl groups excluding tert-OH is 1. The van der Waals surface area contributed by atoms with Crippen LogP contribution in [0.2, 0.25) is 18.6 Å². The summed E-state index contributed by atoms with van der Waals surface area (Å²) in [4.78, 5) is 16.0. The first-order valence-electron chi connectivity index (χ1n) is 9.49. The molecule has 0 aliphatic carbocycles. The van der Waals surface area contributed by atoms with Crippen molar-refractivity contribution in [3.63, 3.8) is 0 Å². The molecular weight excluding hydrogens is 418 g/mol. The summed E-state index contributed by atoms with van der Waals surface area (Å²) in [5.41, 5.74) is 3.82. The van der Waals surface area contributed by atoms with Gasteiger partial charge in [0.1, 0.15) is 24.3 Å². The minimum absolute atomic E-state index is 0.0798. The molecule has 166 valence electrons. The zero-order chi connectivity index (χ0) is 22.0. The van der Waals surface area contributed by atoms with E-state index in [-0.39, 0.29) is 12.2 Å². The predicted molar refractivity (Wildman–Crippen MR) is 110 cm³/mol. The fraction of sp³-hybridized carbons (Fsp3) is 0.765. The number of nitrogens with zero attached hydrogens (tertiary/aromatic N) is 2. The summed E-state index contributed by atoms with van der Waals surface area (Å²) in [5.74, 6) is 0.0798. The van der Waals surface area contributed by atoms with E-state index < -0.39 is 55.3 Å². The maximum Gasteiger partial charge on any atom is 0.351 e. The Labute approximate surface area is 172 Å². The molecule has 3 N–H and O–H groups in total. The molecule has 29 heavy (non-hydrogen) atoms. The van der Waals surface area contributed by atoms with Crippen molar-refractivity contribution in [2.75, 3.05) is 25.2 Å². The molecule has 1 saturated heterocycles. The van der Waals surface area contributed by atoms with Crippen molar-refractivity contribution in [2.24, 2.45) is 0 Å². The molecule has 1 aromatic rings. The van der Waals surface area contributed by atoms with Gasteiger partial charge in [-0.15, -0.1) is 0 Å². The molecule has 0 spiro atoms. The molecule has 1 fully saturated rings. The Balaban J connectivity index is 2.40. The number of ether oxygens (including phenoxy) is 1. The average Bonchev–Trinajstić information content (AvgIpc) is 2.96. The fourth-order valence-corrected chi connectivity index (χ4v) is 5.93. The Morgan fingerprint density at radius 1 is 1.52 bits per heavy atom. The number of nitrogens with two attached hydrogens (primary N) is 1. The lowest BCUT2D eigenvalue weighted by molar-refractivity contribution is -0.142. The molecule has 2 rings (SSSR count). The maximum absolute atomic E-state index is 12.3. The highest BCUT2D eigenvalue weighted by atomic mass is 32.2. The Morgan fingerprint density at radius 2 is 2.17 bits per heavy atom. The van der Waals surface area contributed by atoms with E-state index in [1.165, 1.54) is 16.8 Å². The van der Waals surface area contributed by atoms with Crippen LogP contribution in [0, 0.1) is 0 Å². The molecule has 0 amide bonds. The van der Waals surface area contributed by atoms with Crippen LogP contribution >= 0.6 is 0 Å². The quantitative estimate of drug-likeness (QED) is 0.414. The Kier molecular flexibility index (Phi) is 7.29. The zero-order valence-electron chi connectivity index (χ0n) is 17.5. The first-order chi connectivity index (χ1) is 13.3. The van der Waals surface area contributed by atoms with Crippen LogP contribution in [-0.2, 0) is 23.5 Å². The van der Waals surface area contributed by atoms with Crippen molar-refractivity contribution in [2.45, 2.75) is 63.3 Å². The molecule has 1 aromatic heterocycles. The molecule has 2 unspecified atom stereocenters. The van der Waals surface area contributed by atoms with Crippen LogP contribution in [0.4, 0.5) is 5.82 Å². The minimum atomic E-state index is -3.78. The summed E-state index contributed by atoms with van der Waals surface area (Å²) in [5, 5.41) is 10.2. The minimum Gasteiger partial charge on any atom is -0.411 e. The lowest BCUT2D eigenvalue weighted by atomic mass is 9.99. The lowest BCUT2D eigenvalue weighted by Gasteiger charge is -2.38. The highest BCUT2D eigenvalue weighted by molar-refractivity contribution is 7.85. The highest BCUT2D eigenvalue weighted by Crippen LogP contribution is 2.41. The van der Waals surface area contributed by atoms with Crippen LogP contribution in [0.15, 0.2) is 17.1 Å². The van der Waals surface area contributed by atoms with Gasteiger partial charge in [0.15, 0.2) is 8.32 Å². The Morgan fingerprint density at radius 3 is 2.69 bits per heavy atom. The van der Waals surface area contributed by atoms with Crippen molar-refractivity contribution in [1.82, 2.24) is 9.55 Å². The number of anilines is 1. The van der Waals surface area contributed by atoms with Crippen LogP contribution in [0.1, 0.15) is 32.9 Å². The molecule has 0 saturated carbocycles. The number of nitrogen functional groups attached to an aromatic ring is 1. The van der Waals surface area contributed by atoms with Crippen molar-refractivity contribution >= 4 is 24.3 Å². The monoisotopic (exact) mass is 449 g/mol. The first-order valence-corrected chi connectivity index (χ1v) is 14.3. The third-order valence-electron chi connectivity index (χ3n) is 5.57. The predicted octanol–water partition coefficient (Wildman–Crippen LogP) is 0.842. The Bertz CT molecular complexity index is 876. The van der Waals surface area contributed by atoms with E-state index >= 15 is 0 Å². The van der Waals surface area contributed by atoms with E-state index in [9.17, 15) is 18.3 Å². The second-order valence-corrected chi connectivity index (χ2v) is 14.1. The molecule has 2 heterocycles. The summed E-state index contributed by atoms with van der Waals surface area (Å²) < 4.78 is 41.8. The molecule has 12 heteroatoms. The SMILES string of the molecule is CCC(C)[Si](C)(C)OC1C[C@H](n2ccc(N)nc2=O)O[C@@]1(CO)COS(C)(=O)=O. The van der Waals surface area contributed by atoms with E-state index in [4.69, 9.17) is 19.1 Å². The van der Waals surface area contributed by atoms with Gasteiger partial charge in [0.25, 0.3) is 10.1 Å². The fourth-order valence-electron chi connectivity index (χ4n) is 3.26. The standard InChI is InChI=1S/C17H31N3O7SSi/c1-6-12(2)29(4,5)27-13-9-15(20-8-7-14(18)19-16(20)22)26-17(13,10-21)11-25-28(3,23)24/h7-8,12-13,15,21H,6,9-11H2,1-5H3,(H2,18,19,22)/t12?,13?,15-,17+/m1/s1. The molecule has 4 atom stereocenters. The van der Waals surface area contributed by atoms with E-state index in [0.29, 0.717) is 5.54 Å². The Hall–Kier alpha value is -1.31. The molecule has 0 bridgehead atoms. The number of rotatable bonds is 9. The maximum atomic E-state index is 12.3. The van der Waals surface area contributed by atoms with Crippen molar-refractivity contribution < 1.29 is 26.9 Å². The van der Waals surface area contributed by atoms with Gasteiger partial charge in [-0.1, -0.05) is 20.3 Å². The van der Waals surface area contributed by atoms with Crippen molar-refractivity contribution in [3.8, 4) is 0 Å². The van der Waals surface area contributed by atoms with E-state index in [1.54, 1.807) is 0 Å². The average molecular weight is 450 g/mol. The smallest absolute Gasteiger partial charge is 0.351 e. The van der Waals surface area contributed by atoms with Gasteiger partial charge in [-0.3, -0.25) is 8.75 Å². The third kappa shape index (κ3) is 5.64. The van der Waals surface area contributed by atoms with Gasteiger partial charge in [0, 0.05) is 12.6 Å². The van der Waals surface area contributed by atoms with Crippen LogP contribution in [0.25, 0.3) is 0 Å². The third-order valence-corrected chi connectivity index (χ3v) is 9.78. The molecule has 0 aromatic carbocycles. The van der Waals surface area contributed by atoms with Crippen LogP contribution in [0.5, 0.6) is 0 Å². The normalized spacial score (nSPS) is 26.6. The summed E-state index contributed by atoms with van der Waals surface area (Å²) in [6, 6.07) is 1.46. The topological polar surface area (TPSA) is 143 Å². The summed E-state index contributed by atoms with van der Waals surface area (Å²) >= 11 is 0. The van der Waals surface area contributed by atoms with Gasteiger partial charge in [-0.2, -0.15) is 13.4 Å². The van der Waals surface area contributed by atoms with Crippen LogP contribution in [0.3, 0.4) is 0 Å². The largest absolute Gasteiger partial charge is 0.411 e. The number of hydrogen-bond acceptors (Lipinski definition) is 9. The molecule has 1 aliphatic heterocycles. The number of aliphatic hydroxyl groups is 1. The van der Waals surface area contributed by atoms with Gasteiger partial charge in [0.2, 0.25) is 0 Å². The highest BCUT2D eigenvalue weighted by Gasteiger charge is 2.53. The van der Waals surface area contributed by atoms with Gasteiger partial charge >= 0.3 is 5.69 Å². The van der Waals surface area contributed by atoms with E-state index in [1.807, 2.05) is 0 Å². The first kappa shape index (κ1) is 24.0. The van der Waals surface area contributed by atoms with E-state index in [0.717, 1.165) is 12.7 Å². The van der Waals surface area contributed by atoms with Crippen molar-refractivity contribution in [3.05, 3.63) is 22.7 Å². The molecular formula is C17H31N3O7SSi. The number of aromatic nitrogens is 2. The van der Waals surface area contributed by atoms with Crippen molar-refractivity contribution in [1.29, 1.82) is 0 Å².